The fraction of sp³-hybridized carbons (Fsp3) is 0.333. The number of benzene rings is 2. The van der Waals surface area contributed by atoms with Crippen molar-refractivity contribution in [2.45, 2.75) is 12.1 Å². The molecule has 0 radical (unpaired) electrons. The predicted molar refractivity (Wildman–Crippen MR) is 108 cm³/mol. The highest BCUT2D eigenvalue weighted by Gasteiger charge is 2.26. The van der Waals surface area contributed by atoms with Crippen molar-refractivity contribution in [3.8, 4) is 23.0 Å². The third-order valence-electron chi connectivity index (χ3n) is 4.13. The summed E-state index contributed by atoms with van der Waals surface area (Å²) in [5.74, 6) is 2.35. The maximum atomic E-state index is 6.47. The van der Waals surface area contributed by atoms with E-state index in [1.807, 2.05) is 12.1 Å². The Hall–Kier alpha value is -1.48. The lowest BCUT2D eigenvalue weighted by Gasteiger charge is -2.25. The van der Waals surface area contributed by atoms with Crippen LogP contribution < -0.4 is 30.4 Å². The van der Waals surface area contributed by atoms with Gasteiger partial charge < -0.3 is 30.4 Å². The van der Waals surface area contributed by atoms with E-state index in [0.717, 1.165) is 11.1 Å². The lowest BCUT2D eigenvalue weighted by Crippen LogP contribution is -2.27. The van der Waals surface area contributed by atoms with Gasteiger partial charge in [0, 0.05) is 0 Å². The number of nitrogens with two attached hydrogens (primary N) is 2. The fourth-order valence-corrected chi connectivity index (χ4v) is 4.22. The molecule has 0 spiro atoms. The van der Waals surface area contributed by atoms with Crippen LogP contribution in [0.15, 0.2) is 33.2 Å². The molecular formula is C18H22Br2N2O4. The minimum atomic E-state index is -0.501. The Morgan fingerprint density at radius 2 is 1.00 bits per heavy atom. The molecule has 2 atom stereocenters. The van der Waals surface area contributed by atoms with Gasteiger partial charge in [0.15, 0.2) is 23.0 Å². The Kier molecular flexibility index (Phi) is 7.16. The molecule has 2 rings (SSSR count). The molecular weight excluding hydrogens is 468 g/mol. The predicted octanol–water partition coefficient (Wildman–Crippen LogP) is 3.95. The quantitative estimate of drug-likeness (QED) is 0.612. The number of halogens is 2. The van der Waals surface area contributed by atoms with Crippen molar-refractivity contribution in [3.05, 3.63) is 44.3 Å². The van der Waals surface area contributed by atoms with Gasteiger partial charge in [0.2, 0.25) is 0 Å². The minimum Gasteiger partial charge on any atom is -0.493 e. The molecule has 2 aromatic rings. The van der Waals surface area contributed by atoms with Crippen molar-refractivity contribution in [2.75, 3.05) is 28.4 Å². The van der Waals surface area contributed by atoms with Crippen LogP contribution in [0.4, 0.5) is 0 Å². The Morgan fingerprint density at radius 1 is 0.654 bits per heavy atom. The molecule has 0 saturated heterocycles. The van der Waals surface area contributed by atoms with E-state index < -0.39 is 12.1 Å². The maximum absolute atomic E-state index is 6.47. The summed E-state index contributed by atoms with van der Waals surface area (Å²) in [6.07, 6.45) is 0. The van der Waals surface area contributed by atoms with E-state index >= 15 is 0 Å². The first-order valence-electron chi connectivity index (χ1n) is 7.73. The number of ether oxygens (including phenoxy) is 4. The number of rotatable bonds is 7. The largest absolute Gasteiger partial charge is 0.493 e. The molecule has 0 aliphatic carbocycles. The zero-order valence-corrected chi connectivity index (χ0v) is 18.2. The smallest absolute Gasteiger partial charge is 0.175 e. The zero-order chi connectivity index (χ0) is 19.4. The van der Waals surface area contributed by atoms with Crippen LogP contribution >= 0.6 is 31.9 Å². The van der Waals surface area contributed by atoms with Crippen molar-refractivity contribution < 1.29 is 18.9 Å². The summed E-state index contributed by atoms with van der Waals surface area (Å²) in [5, 5.41) is 0. The van der Waals surface area contributed by atoms with Crippen molar-refractivity contribution in [1.82, 2.24) is 0 Å². The van der Waals surface area contributed by atoms with Crippen molar-refractivity contribution in [1.29, 1.82) is 0 Å². The molecule has 0 saturated carbocycles. The second kappa shape index (κ2) is 8.94. The lowest BCUT2D eigenvalue weighted by atomic mass is 9.94. The van der Waals surface area contributed by atoms with Gasteiger partial charge in [-0.1, -0.05) is 12.1 Å². The van der Waals surface area contributed by atoms with E-state index in [1.54, 1.807) is 40.6 Å². The first-order chi connectivity index (χ1) is 12.4. The van der Waals surface area contributed by atoms with Gasteiger partial charge in [0.1, 0.15) is 0 Å². The molecule has 0 aromatic heterocycles. The van der Waals surface area contributed by atoms with Gasteiger partial charge in [-0.05, 0) is 55.1 Å². The monoisotopic (exact) mass is 488 g/mol. The van der Waals surface area contributed by atoms with Crippen LogP contribution in [0.3, 0.4) is 0 Å². The number of hydrogen-bond donors (Lipinski definition) is 2. The summed E-state index contributed by atoms with van der Waals surface area (Å²) in [4.78, 5) is 0. The van der Waals surface area contributed by atoms with Gasteiger partial charge >= 0.3 is 0 Å². The van der Waals surface area contributed by atoms with Gasteiger partial charge in [0.05, 0.1) is 49.5 Å². The first-order valence-corrected chi connectivity index (χ1v) is 9.31. The SMILES string of the molecule is COc1ccc(C(N)C(N)c2ccc(OC)c(OC)c2Br)c(Br)c1OC. The Morgan fingerprint density at radius 3 is 1.27 bits per heavy atom. The normalized spacial score (nSPS) is 13.1. The van der Waals surface area contributed by atoms with E-state index in [4.69, 9.17) is 30.4 Å². The molecule has 26 heavy (non-hydrogen) atoms. The highest BCUT2D eigenvalue weighted by atomic mass is 79.9. The van der Waals surface area contributed by atoms with Crippen molar-refractivity contribution in [2.24, 2.45) is 11.5 Å². The van der Waals surface area contributed by atoms with E-state index in [1.165, 1.54) is 0 Å². The van der Waals surface area contributed by atoms with E-state index in [2.05, 4.69) is 31.9 Å². The molecule has 0 aliphatic rings. The molecule has 8 heteroatoms. The average molecular weight is 490 g/mol. The van der Waals surface area contributed by atoms with Crippen LogP contribution in [0.1, 0.15) is 23.2 Å². The van der Waals surface area contributed by atoms with Crippen LogP contribution in [-0.2, 0) is 0 Å². The summed E-state index contributed by atoms with van der Waals surface area (Å²) in [6, 6.07) is 6.33. The van der Waals surface area contributed by atoms with Crippen LogP contribution in [0.5, 0.6) is 23.0 Å². The lowest BCUT2D eigenvalue weighted by molar-refractivity contribution is 0.350. The molecule has 0 bridgehead atoms. The van der Waals surface area contributed by atoms with Crippen molar-refractivity contribution >= 4 is 31.9 Å². The maximum Gasteiger partial charge on any atom is 0.175 e. The van der Waals surface area contributed by atoms with Crippen LogP contribution in [0.2, 0.25) is 0 Å². The van der Waals surface area contributed by atoms with Crippen LogP contribution in [0.25, 0.3) is 0 Å². The Labute approximate surface area is 170 Å². The van der Waals surface area contributed by atoms with Crippen molar-refractivity contribution in [3.63, 3.8) is 0 Å². The Balaban J connectivity index is 2.47. The molecule has 0 aliphatic heterocycles. The minimum absolute atomic E-state index is 0.501. The summed E-state index contributed by atoms with van der Waals surface area (Å²) in [6.45, 7) is 0. The number of methoxy groups -OCH3 is 4. The molecule has 0 amide bonds. The molecule has 0 heterocycles. The molecule has 4 N–H and O–H groups in total. The van der Waals surface area contributed by atoms with Gasteiger partial charge in [-0.25, -0.2) is 0 Å². The van der Waals surface area contributed by atoms with Gasteiger partial charge in [0.25, 0.3) is 0 Å². The third kappa shape index (κ3) is 3.78. The van der Waals surface area contributed by atoms with E-state index in [-0.39, 0.29) is 0 Å². The molecule has 2 unspecified atom stereocenters. The van der Waals surface area contributed by atoms with E-state index in [0.29, 0.717) is 31.9 Å². The van der Waals surface area contributed by atoms with Gasteiger partial charge in [-0.15, -0.1) is 0 Å². The van der Waals surface area contributed by atoms with E-state index in [9.17, 15) is 0 Å². The summed E-state index contributed by atoms with van der Waals surface area (Å²) in [5.41, 5.74) is 14.6. The second-order valence-electron chi connectivity index (χ2n) is 5.46. The molecule has 0 fully saturated rings. The molecule has 142 valence electrons. The van der Waals surface area contributed by atoms with Gasteiger partial charge in [-0.3, -0.25) is 0 Å². The molecule has 2 aromatic carbocycles. The highest BCUT2D eigenvalue weighted by molar-refractivity contribution is 9.11. The standard InChI is InChI=1S/C18H22Br2N2O4/c1-23-11-7-5-9(13(19)17(11)25-3)15(21)16(22)10-6-8-12(24-2)18(26-4)14(10)20/h5-8,15-16H,21-22H2,1-4H3. The average Bonchev–Trinajstić information content (AvgIpc) is 2.66. The summed E-state index contributed by atoms with van der Waals surface area (Å²) in [7, 11) is 6.30. The summed E-state index contributed by atoms with van der Waals surface area (Å²) < 4.78 is 22.9. The highest BCUT2D eigenvalue weighted by Crippen LogP contribution is 2.44. The first kappa shape index (κ1) is 20.8. The Bertz CT molecular complexity index is 721. The van der Waals surface area contributed by atoms with Gasteiger partial charge in [-0.2, -0.15) is 0 Å². The fourth-order valence-electron chi connectivity index (χ4n) is 2.71. The van der Waals surface area contributed by atoms with Crippen LogP contribution in [0, 0.1) is 0 Å². The summed E-state index contributed by atoms with van der Waals surface area (Å²) >= 11 is 7.09. The third-order valence-corrected chi connectivity index (χ3v) is 5.77. The zero-order valence-electron chi connectivity index (χ0n) is 15.0. The van der Waals surface area contributed by atoms with Crippen LogP contribution in [-0.4, -0.2) is 28.4 Å². The topological polar surface area (TPSA) is 89.0 Å². The second-order valence-corrected chi connectivity index (χ2v) is 7.05. The number of hydrogen-bond acceptors (Lipinski definition) is 6. The molecule has 6 nitrogen and oxygen atoms in total.